The van der Waals surface area contributed by atoms with Crippen molar-refractivity contribution in [2.24, 2.45) is 5.41 Å². The van der Waals surface area contributed by atoms with Crippen molar-refractivity contribution >= 4 is 11.8 Å². The Morgan fingerprint density at radius 1 is 0.579 bits per heavy atom. The van der Waals surface area contributed by atoms with E-state index in [0.29, 0.717) is 13.0 Å². The van der Waals surface area contributed by atoms with E-state index in [4.69, 9.17) is 0 Å². The lowest BCUT2D eigenvalue weighted by atomic mass is 9.52. The lowest BCUT2D eigenvalue weighted by Gasteiger charge is -2.61. The van der Waals surface area contributed by atoms with Crippen molar-refractivity contribution in [2.45, 2.75) is 218 Å². The second kappa shape index (κ2) is 32.9. The normalized spacial score (nSPS) is 16.7. The average molecular weight is 795 g/mol. The van der Waals surface area contributed by atoms with Crippen LogP contribution >= 0.6 is 0 Å². The van der Waals surface area contributed by atoms with Gasteiger partial charge < -0.3 is 20.0 Å². The third-order valence-electron chi connectivity index (χ3n) is 12.9. The summed E-state index contributed by atoms with van der Waals surface area (Å²) in [6.07, 6.45) is 50.5. The van der Waals surface area contributed by atoms with E-state index in [1.54, 1.807) is 0 Å². The third-order valence-corrected chi connectivity index (χ3v) is 12.9. The highest BCUT2D eigenvalue weighted by Gasteiger charge is 2.62. The van der Waals surface area contributed by atoms with Gasteiger partial charge in [0.25, 0.3) is 0 Å². The first-order valence-electron chi connectivity index (χ1n) is 24.7. The number of rotatable bonds is 36. The van der Waals surface area contributed by atoms with E-state index in [2.05, 4.69) is 91.5 Å². The molecular formula is C51H94N4O2. The van der Waals surface area contributed by atoms with Gasteiger partial charge in [-0.3, -0.25) is 9.59 Å². The number of likely N-dealkylation sites (tertiary alicyclic amines) is 1. The Kier molecular flexibility index (Phi) is 29.5. The lowest BCUT2D eigenvalue weighted by molar-refractivity contribution is -0.170. The second-order valence-electron chi connectivity index (χ2n) is 18.6. The summed E-state index contributed by atoms with van der Waals surface area (Å²) >= 11 is 0. The number of amides is 2. The van der Waals surface area contributed by atoms with Crippen molar-refractivity contribution in [1.29, 1.82) is 0 Å². The van der Waals surface area contributed by atoms with Crippen LogP contribution in [0.5, 0.6) is 0 Å². The van der Waals surface area contributed by atoms with Crippen molar-refractivity contribution in [3.8, 4) is 0 Å². The van der Waals surface area contributed by atoms with Gasteiger partial charge in [-0.2, -0.15) is 0 Å². The third kappa shape index (κ3) is 22.9. The molecule has 1 saturated carbocycles. The molecule has 6 nitrogen and oxygen atoms in total. The summed E-state index contributed by atoms with van der Waals surface area (Å²) in [5.41, 5.74) is -0.481. The molecule has 0 aromatic carbocycles. The van der Waals surface area contributed by atoms with E-state index in [1.165, 1.54) is 122 Å². The molecule has 1 aliphatic heterocycles. The zero-order chi connectivity index (χ0) is 41.3. The zero-order valence-corrected chi connectivity index (χ0v) is 38.6. The van der Waals surface area contributed by atoms with Gasteiger partial charge in [0.05, 0.1) is 0 Å². The van der Waals surface area contributed by atoms with Crippen molar-refractivity contribution in [2.75, 3.05) is 53.9 Å². The van der Waals surface area contributed by atoms with Gasteiger partial charge in [-0.15, -0.1) is 0 Å². The number of hydrogen-bond donors (Lipinski definition) is 1. The fourth-order valence-corrected chi connectivity index (χ4v) is 9.19. The summed E-state index contributed by atoms with van der Waals surface area (Å²) in [5, 5.41) is 3.39. The van der Waals surface area contributed by atoms with Gasteiger partial charge >= 0.3 is 0 Å². The smallest absolute Gasteiger partial charge is 0.246 e. The maximum absolute atomic E-state index is 14.3. The molecule has 2 rings (SSSR count). The molecule has 1 spiro atoms. The maximum Gasteiger partial charge on any atom is 0.246 e. The Labute approximate surface area is 354 Å². The minimum Gasteiger partial charge on any atom is -0.354 e. The second-order valence-corrected chi connectivity index (χ2v) is 18.6. The Bertz CT molecular complexity index is 1080. The highest BCUT2D eigenvalue weighted by atomic mass is 16.2. The number of unbranched alkanes of at least 4 members (excludes halogenated alkanes) is 20. The van der Waals surface area contributed by atoms with Crippen molar-refractivity contribution in [3.05, 3.63) is 36.5 Å². The fraction of sp³-hybridized carbons (Fsp3) is 0.843. The molecule has 1 heterocycles. The largest absolute Gasteiger partial charge is 0.354 e. The summed E-state index contributed by atoms with van der Waals surface area (Å²) < 4.78 is 0. The summed E-state index contributed by atoms with van der Waals surface area (Å²) in [7, 11) is 6.41. The minimum atomic E-state index is -0.682. The Morgan fingerprint density at radius 3 is 1.58 bits per heavy atom. The molecule has 2 amide bonds. The van der Waals surface area contributed by atoms with E-state index in [-0.39, 0.29) is 17.2 Å². The Balaban J connectivity index is 1.79. The van der Waals surface area contributed by atoms with Crippen LogP contribution in [-0.4, -0.2) is 85.9 Å². The first kappa shape index (κ1) is 51.2. The zero-order valence-electron chi connectivity index (χ0n) is 38.6. The van der Waals surface area contributed by atoms with Crippen LogP contribution in [0.2, 0.25) is 0 Å². The van der Waals surface area contributed by atoms with Gasteiger partial charge in [0.2, 0.25) is 11.8 Å². The summed E-state index contributed by atoms with van der Waals surface area (Å²) in [4.78, 5) is 35.2. The Morgan fingerprint density at radius 2 is 1.04 bits per heavy atom. The molecule has 6 heteroatoms. The molecule has 0 radical (unpaired) electrons. The average Bonchev–Trinajstić information content (AvgIpc) is 3.18. The van der Waals surface area contributed by atoms with Gasteiger partial charge in [0, 0.05) is 19.5 Å². The molecule has 330 valence electrons. The predicted octanol–water partition coefficient (Wildman–Crippen LogP) is 13.0. The molecule has 0 bridgehead atoms. The summed E-state index contributed by atoms with van der Waals surface area (Å²) in [5.74, 6) is 0.327. The number of nitrogens with one attached hydrogen (secondary N) is 1. The monoisotopic (exact) mass is 795 g/mol. The molecule has 0 aromatic heterocycles. The molecule has 1 N–H and O–H groups in total. The van der Waals surface area contributed by atoms with Gasteiger partial charge in [-0.05, 0) is 149 Å². The first-order valence-corrected chi connectivity index (χ1v) is 24.7. The number of allylic oxidation sites excluding steroid dienone is 6. The van der Waals surface area contributed by atoms with E-state index in [1.807, 2.05) is 0 Å². The quantitative estimate of drug-likeness (QED) is 0.0507. The van der Waals surface area contributed by atoms with Crippen LogP contribution in [0, 0.1) is 5.41 Å². The van der Waals surface area contributed by atoms with Crippen LogP contribution in [0.1, 0.15) is 213 Å². The topological polar surface area (TPSA) is 55.9 Å². The molecule has 1 aliphatic carbocycles. The predicted molar refractivity (Wildman–Crippen MR) is 248 cm³/mol. The van der Waals surface area contributed by atoms with Crippen LogP contribution in [-0.2, 0) is 9.59 Å². The lowest BCUT2D eigenvalue weighted by Crippen LogP contribution is -2.71. The number of carbonyl (C=O) groups excluding carboxylic acids is 2. The highest BCUT2D eigenvalue weighted by Crippen LogP contribution is 2.57. The van der Waals surface area contributed by atoms with Crippen LogP contribution in [0.3, 0.4) is 0 Å². The SMILES string of the molecule is CCCCC/C=C\C/C=C\CCCCCCCC(=O)N(CCCN(C)C)C1(C(=O)NCCCCCCCC/C=C\CCCCCCCC)CC2(CCN(C)CC2)C1. The number of carbonyl (C=O) groups is 2. The molecule has 0 unspecified atom stereocenters. The van der Waals surface area contributed by atoms with Crippen LogP contribution in [0.4, 0.5) is 0 Å². The first-order chi connectivity index (χ1) is 27.8. The molecule has 2 aliphatic rings. The van der Waals surface area contributed by atoms with Crippen LogP contribution in [0.15, 0.2) is 36.5 Å². The van der Waals surface area contributed by atoms with E-state index >= 15 is 0 Å². The fourth-order valence-electron chi connectivity index (χ4n) is 9.19. The number of hydrogen-bond acceptors (Lipinski definition) is 4. The standard InChI is InChI=1S/C51H94N4O2/c1-6-8-10-12-14-16-18-20-22-24-26-28-30-32-34-36-41-52-49(57)51(46-50(47-51)39-44-54(5)45-40-50)55(43-37-42-53(3)4)48(56)38-35-33-31-29-27-25-23-21-19-17-15-13-11-9-7-2/h15,17,20-23H,6-14,16,18-19,24-47H2,1-5H3,(H,52,57)/b17-15-,22-20-,23-21-. The van der Waals surface area contributed by atoms with Crippen molar-refractivity contribution in [3.63, 3.8) is 0 Å². The van der Waals surface area contributed by atoms with Gasteiger partial charge in [0.1, 0.15) is 5.54 Å². The number of nitrogens with zero attached hydrogens (tertiary/aromatic N) is 3. The molecule has 0 atom stereocenters. The highest BCUT2D eigenvalue weighted by molar-refractivity contribution is 5.93. The van der Waals surface area contributed by atoms with Gasteiger partial charge in [0.15, 0.2) is 0 Å². The van der Waals surface area contributed by atoms with Crippen molar-refractivity contribution < 1.29 is 9.59 Å². The van der Waals surface area contributed by atoms with Crippen LogP contribution < -0.4 is 5.32 Å². The molecule has 0 aromatic rings. The molecule has 57 heavy (non-hydrogen) atoms. The number of piperidine rings is 1. The summed E-state index contributed by atoms with van der Waals surface area (Å²) in [6.45, 7) is 9.05. The Hall–Kier alpha value is -1.92. The van der Waals surface area contributed by atoms with E-state index < -0.39 is 5.54 Å². The summed E-state index contributed by atoms with van der Waals surface area (Å²) in [6, 6.07) is 0. The van der Waals surface area contributed by atoms with Crippen LogP contribution in [0.25, 0.3) is 0 Å². The van der Waals surface area contributed by atoms with E-state index in [9.17, 15) is 9.59 Å². The van der Waals surface area contributed by atoms with E-state index in [0.717, 1.165) is 96.8 Å². The molecule has 1 saturated heterocycles. The van der Waals surface area contributed by atoms with Crippen molar-refractivity contribution in [1.82, 2.24) is 20.0 Å². The molecular weight excluding hydrogens is 701 g/mol. The van der Waals surface area contributed by atoms with Gasteiger partial charge in [-0.25, -0.2) is 0 Å². The minimum absolute atomic E-state index is 0.123. The maximum atomic E-state index is 14.3. The molecule has 2 fully saturated rings. The van der Waals surface area contributed by atoms with Gasteiger partial charge in [-0.1, -0.05) is 140 Å².